The average Bonchev–Trinajstić information content (AvgIpc) is 3.32. The fourth-order valence-electron chi connectivity index (χ4n) is 4.09. The highest BCUT2D eigenvalue weighted by atomic mass is 35.5. The van der Waals surface area contributed by atoms with Gasteiger partial charge in [0.15, 0.2) is 0 Å². The lowest BCUT2D eigenvalue weighted by atomic mass is 10.1. The molecule has 4 aromatic rings. The lowest BCUT2D eigenvalue weighted by Gasteiger charge is -2.16. The van der Waals surface area contributed by atoms with Crippen LogP contribution in [0.5, 0.6) is 0 Å². The molecule has 1 saturated carbocycles. The Bertz CT molecular complexity index is 1570. The first-order valence-corrected chi connectivity index (χ1v) is 13.2. The van der Waals surface area contributed by atoms with Crippen LogP contribution in [0.2, 0.25) is 5.02 Å². The van der Waals surface area contributed by atoms with Crippen LogP contribution in [-0.4, -0.2) is 26.9 Å². The molecule has 10 heteroatoms. The summed E-state index contributed by atoms with van der Waals surface area (Å²) in [6.07, 6.45) is 1.80. The molecule has 0 saturated heterocycles. The normalized spacial score (nSPS) is 14.7. The third-order valence-electron chi connectivity index (χ3n) is 6.29. The molecule has 5 rings (SSSR count). The number of fused-ring (bicyclic) bond motifs is 1. The van der Waals surface area contributed by atoms with Gasteiger partial charge in [-0.1, -0.05) is 47.7 Å². The van der Waals surface area contributed by atoms with Gasteiger partial charge in [0.25, 0.3) is 0 Å². The summed E-state index contributed by atoms with van der Waals surface area (Å²) in [5.74, 6) is 5.80. The van der Waals surface area contributed by atoms with Gasteiger partial charge in [0, 0.05) is 16.6 Å². The molecular formula is C26H22ClN3O4S2. The summed E-state index contributed by atoms with van der Waals surface area (Å²) in [5, 5.41) is 17.1. The van der Waals surface area contributed by atoms with Crippen molar-refractivity contribution < 1.29 is 19.4 Å². The summed E-state index contributed by atoms with van der Waals surface area (Å²) in [7, 11) is 1.71. The number of aryl methyl sites for hydroxylation is 2. The van der Waals surface area contributed by atoms with Gasteiger partial charge in [0.1, 0.15) is 17.3 Å². The van der Waals surface area contributed by atoms with E-state index in [1.807, 2.05) is 44.2 Å². The van der Waals surface area contributed by atoms with E-state index in [1.165, 1.54) is 27.4 Å². The van der Waals surface area contributed by atoms with E-state index in [4.69, 9.17) is 16.3 Å². The maximum atomic E-state index is 12.6. The number of carboxylic acids is 1. The number of ether oxygens (including phenoxy) is 1. The molecule has 3 aromatic heterocycles. The summed E-state index contributed by atoms with van der Waals surface area (Å²) < 4.78 is 8.88. The second kappa shape index (κ2) is 9.28. The van der Waals surface area contributed by atoms with Crippen LogP contribution in [0.1, 0.15) is 52.3 Å². The molecule has 1 fully saturated rings. The van der Waals surface area contributed by atoms with E-state index in [0.29, 0.717) is 29.2 Å². The highest BCUT2D eigenvalue weighted by Crippen LogP contribution is 2.56. The number of carbonyl (C=O) groups is 2. The number of aliphatic carboxylic acids is 1. The number of carbonyl (C=O) groups excluding carboxylic acids is 1. The Morgan fingerprint density at radius 1 is 1.28 bits per heavy atom. The van der Waals surface area contributed by atoms with Gasteiger partial charge in [0.2, 0.25) is 0 Å². The largest absolute Gasteiger partial charge is 0.481 e. The first-order chi connectivity index (χ1) is 17.2. The van der Waals surface area contributed by atoms with Crippen LogP contribution >= 0.6 is 34.3 Å². The van der Waals surface area contributed by atoms with Crippen LogP contribution in [0, 0.1) is 18.8 Å². The van der Waals surface area contributed by atoms with Crippen LogP contribution in [0.25, 0.3) is 9.40 Å². The van der Waals surface area contributed by atoms with E-state index in [1.54, 1.807) is 13.2 Å². The van der Waals surface area contributed by atoms with Crippen molar-refractivity contribution in [3.8, 4) is 11.8 Å². The van der Waals surface area contributed by atoms with Crippen molar-refractivity contribution in [3.05, 3.63) is 68.0 Å². The molecule has 2 N–H and O–H groups in total. The molecule has 3 heterocycles. The van der Waals surface area contributed by atoms with Gasteiger partial charge >= 0.3 is 12.1 Å². The number of amides is 1. The van der Waals surface area contributed by atoms with Crippen molar-refractivity contribution in [3.63, 3.8) is 0 Å². The van der Waals surface area contributed by atoms with Gasteiger partial charge in [-0.05, 0) is 43.9 Å². The second-order valence-electron chi connectivity index (χ2n) is 8.75. The summed E-state index contributed by atoms with van der Waals surface area (Å²) >= 11 is 9.42. The fraction of sp³-hybridized carbons (Fsp3) is 0.269. The zero-order valence-corrected chi connectivity index (χ0v) is 22.1. The van der Waals surface area contributed by atoms with E-state index < -0.39 is 23.6 Å². The highest BCUT2D eigenvalue weighted by Gasteiger charge is 2.54. The number of rotatable bonds is 5. The number of benzene rings is 1. The van der Waals surface area contributed by atoms with Gasteiger partial charge in [-0.15, -0.1) is 22.7 Å². The van der Waals surface area contributed by atoms with Gasteiger partial charge in [-0.3, -0.25) is 14.8 Å². The monoisotopic (exact) mass is 539 g/mol. The molecule has 1 atom stereocenters. The summed E-state index contributed by atoms with van der Waals surface area (Å²) in [4.78, 5) is 25.8. The highest BCUT2D eigenvalue weighted by molar-refractivity contribution is 7.29. The number of anilines is 1. The molecular weight excluding hydrogens is 518 g/mol. The molecule has 1 aromatic carbocycles. The average molecular weight is 540 g/mol. The number of aromatic nitrogens is 2. The zero-order chi connectivity index (χ0) is 25.6. The van der Waals surface area contributed by atoms with Crippen LogP contribution in [-0.2, 0) is 22.0 Å². The Balaban J connectivity index is 1.33. The van der Waals surface area contributed by atoms with Crippen molar-refractivity contribution in [1.29, 1.82) is 0 Å². The third kappa shape index (κ3) is 4.37. The minimum Gasteiger partial charge on any atom is -0.481 e. The molecule has 1 aliphatic rings. The summed E-state index contributed by atoms with van der Waals surface area (Å²) in [5.41, 5.74) is 1.70. The first kappa shape index (κ1) is 24.4. The van der Waals surface area contributed by atoms with Crippen molar-refractivity contribution in [2.24, 2.45) is 7.05 Å². The van der Waals surface area contributed by atoms with E-state index in [9.17, 15) is 14.7 Å². The van der Waals surface area contributed by atoms with Gasteiger partial charge in [0.05, 0.1) is 26.4 Å². The Morgan fingerprint density at radius 3 is 2.69 bits per heavy atom. The molecule has 1 unspecified atom stereocenters. The molecule has 0 radical (unpaired) electrons. The number of carboxylic acid groups (broad SMARTS) is 1. The van der Waals surface area contributed by atoms with Gasteiger partial charge in [-0.2, -0.15) is 5.10 Å². The SMILES string of the molecule is Cc1ccccc1C(C)OC(=O)Nc1c(C#Cc2cc3sc(C4(C(=O)O)CC4)c(Cl)c3s2)cnn1C. The maximum absolute atomic E-state index is 12.6. The molecule has 36 heavy (non-hydrogen) atoms. The predicted octanol–water partition coefficient (Wildman–Crippen LogP) is 6.48. The van der Waals surface area contributed by atoms with Crippen LogP contribution in [0.3, 0.4) is 0 Å². The summed E-state index contributed by atoms with van der Waals surface area (Å²) in [6, 6.07) is 9.68. The topological polar surface area (TPSA) is 93.4 Å². The minimum absolute atomic E-state index is 0.418. The van der Waals surface area contributed by atoms with Crippen LogP contribution in [0.15, 0.2) is 36.5 Å². The van der Waals surface area contributed by atoms with E-state index >= 15 is 0 Å². The number of hydrogen-bond acceptors (Lipinski definition) is 6. The molecule has 184 valence electrons. The number of hydrogen-bond donors (Lipinski definition) is 2. The standard InChI is InChI=1S/C26H22ClN3O4S2/c1-14-6-4-5-7-18(14)15(2)34-25(33)29-23-16(13-28-30(23)3)8-9-17-12-19-21(35-17)20(27)22(36-19)26(10-11-26)24(31)32/h4-7,12-13,15H,10-11H2,1-3H3,(H,29,33)(H,31,32). The number of nitrogens with zero attached hydrogens (tertiary/aromatic N) is 2. The maximum Gasteiger partial charge on any atom is 0.413 e. The molecule has 0 aliphatic heterocycles. The lowest BCUT2D eigenvalue weighted by Crippen LogP contribution is -2.18. The number of halogens is 1. The van der Waals surface area contributed by atoms with Gasteiger partial charge in [-0.25, -0.2) is 4.79 Å². The van der Waals surface area contributed by atoms with Crippen molar-refractivity contribution in [2.75, 3.05) is 5.32 Å². The minimum atomic E-state index is -0.825. The third-order valence-corrected chi connectivity index (χ3v) is 9.43. The quantitative estimate of drug-likeness (QED) is 0.283. The van der Waals surface area contributed by atoms with Crippen molar-refractivity contribution >= 4 is 61.6 Å². The molecule has 7 nitrogen and oxygen atoms in total. The Kier molecular flexibility index (Phi) is 6.29. The Labute approximate surface area is 220 Å². The summed E-state index contributed by atoms with van der Waals surface area (Å²) in [6.45, 7) is 3.80. The van der Waals surface area contributed by atoms with E-state index in [-0.39, 0.29) is 0 Å². The van der Waals surface area contributed by atoms with E-state index in [0.717, 1.165) is 30.3 Å². The Hall–Kier alpha value is -3.32. The van der Waals surface area contributed by atoms with Gasteiger partial charge < -0.3 is 9.84 Å². The molecule has 1 amide bonds. The second-order valence-corrected chi connectivity index (χ2v) is 11.2. The van der Waals surface area contributed by atoms with Crippen molar-refractivity contribution in [1.82, 2.24) is 9.78 Å². The molecule has 0 bridgehead atoms. The van der Waals surface area contributed by atoms with E-state index in [2.05, 4.69) is 22.3 Å². The fourth-order valence-corrected chi connectivity index (χ4v) is 7.17. The van der Waals surface area contributed by atoms with Crippen LogP contribution in [0.4, 0.5) is 10.6 Å². The zero-order valence-electron chi connectivity index (χ0n) is 19.7. The number of nitrogens with one attached hydrogen (secondary N) is 1. The Morgan fingerprint density at radius 2 is 2.03 bits per heavy atom. The number of thiophene rings is 2. The first-order valence-electron chi connectivity index (χ1n) is 11.2. The lowest BCUT2D eigenvalue weighted by molar-refractivity contribution is -0.139. The smallest absolute Gasteiger partial charge is 0.413 e. The van der Waals surface area contributed by atoms with Crippen LogP contribution < -0.4 is 5.32 Å². The van der Waals surface area contributed by atoms with Crippen molar-refractivity contribution in [2.45, 2.75) is 38.2 Å². The predicted molar refractivity (Wildman–Crippen MR) is 142 cm³/mol. The molecule has 0 spiro atoms. The molecule has 1 aliphatic carbocycles.